The van der Waals surface area contributed by atoms with Crippen molar-refractivity contribution in [3.8, 4) is 0 Å². The van der Waals surface area contributed by atoms with E-state index in [0.29, 0.717) is 11.4 Å². The maximum absolute atomic E-state index is 11.8. The first-order valence-corrected chi connectivity index (χ1v) is 5.67. The summed E-state index contributed by atoms with van der Waals surface area (Å²) in [4.78, 5) is 15.6. The average Bonchev–Trinajstić information content (AvgIpc) is 2.90. The van der Waals surface area contributed by atoms with Gasteiger partial charge in [0.25, 0.3) is 5.91 Å². The first kappa shape index (κ1) is 12.1. The van der Waals surface area contributed by atoms with E-state index in [1.165, 1.54) is 6.39 Å². The number of nitrogens with zero attached hydrogens (tertiary/aromatic N) is 2. The quantitative estimate of drug-likeness (QED) is 0.834. The van der Waals surface area contributed by atoms with Gasteiger partial charge in [0.1, 0.15) is 0 Å². The Morgan fingerprint density at radius 3 is 2.72 bits per heavy atom. The molecule has 0 radical (unpaired) electrons. The predicted molar refractivity (Wildman–Crippen MR) is 66.1 cm³/mol. The van der Waals surface area contributed by atoms with E-state index in [1.807, 2.05) is 19.1 Å². The summed E-state index contributed by atoms with van der Waals surface area (Å²) in [6.07, 6.45) is 1.23. The zero-order chi connectivity index (χ0) is 12.8. The van der Waals surface area contributed by atoms with Crippen LogP contribution in [0.25, 0.3) is 0 Å². The van der Waals surface area contributed by atoms with Crippen LogP contribution in [0.1, 0.15) is 23.1 Å². The number of carbonyl (C=O) groups is 1. The molecule has 94 valence electrons. The summed E-state index contributed by atoms with van der Waals surface area (Å²) < 4.78 is 4.57. The molecule has 0 saturated carbocycles. The van der Waals surface area contributed by atoms with Crippen LogP contribution in [-0.2, 0) is 6.54 Å². The van der Waals surface area contributed by atoms with Gasteiger partial charge in [-0.1, -0.05) is 5.16 Å². The Kier molecular flexibility index (Phi) is 3.90. The molecule has 1 amide bonds. The van der Waals surface area contributed by atoms with E-state index < -0.39 is 0 Å². The van der Waals surface area contributed by atoms with Crippen molar-refractivity contribution < 1.29 is 9.32 Å². The van der Waals surface area contributed by atoms with Crippen LogP contribution < -0.4 is 10.6 Å². The highest BCUT2D eigenvalue weighted by Gasteiger charge is 2.06. The summed E-state index contributed by atoms with van der Waals surface area (Å²) in [6, 6.07) is 7.27. The van der Waals surface area contributed by atoms with E-state index in [-0.39, 0.29) is 12.5 Å². The van der Waals surface area contributed by atoms with E-state index in [1.54, 1.807) is 12.1 Å². The van der Waals surface area contributed by atoms with Crippen molar-refractivity contribution in [2.24, 2.45) is 0 Å². The molecule has 18 heavy (non-hydrogen) atoms. The standard InChI is InChI=1S/C12H14N4O2/c1-2-13-10-5-3-9(4-6-10)12(17)14-7-11-15-8-18-16-11/h3-6,8,13H,2,7H2,1H3,(H,14,17). The molecule has 0 aliphatic carbocycles. The molecule has 1 aromatic carbocycles. The molecule has 6 heteroatoms. The van der Waals surface area contributed by atoms with Crippen LogP contribution in [0, 0.1) is 0 Å². The fourth-order valence-electron chi connectivity index (χ4n) is 1.48. The van der Waals surface area contributed by atoms with Gasteiger partial charge in [-0.3, -0.25) is 4.79 Å². The minimum atomic E-state index is -0.164. The van der Waals surface area contributed by atoms with Crippen LogP contribution in [-0.4, -0.2) is 22.6 Å². The lowest BCUT2D eigenvalue weighted by Crippen LogP contribution is -2.23. The molecular formula is C12H14N4O2. The zero-order valence-corrected chi connectivity index (χ0v) is 10.0. The maximum atomic E-state index is 11.8. The molecule has 2 aromatic rings. The van der Waals surface area contributed by atoms with Crippen LogP contribution in [0.4, 0.5) is 5.69 Å². The van der Waals surface area contributed by atoms with Gasteiger partial charge in [0.15, 0.2) is 5.82 Å². The van der Waals surface area contributed by atoms with Gasteiger partial charge in [-0.05, 0) is 31.2 Å². The Hall–Kier alpha value is -2.37. The Balaban J connectivity index is 1.92. The summed E-state index contributed by atoms with van der Waals surface area (Å²) >= 11 is 0. The number of carbonyl (C=O) groups excluding carboxylic acids is 1. The minimum Gasteiger partial charge on any atom is -0.385 e. The van der Waals surface area contributed by atoms with Gasteiger partial charge in [0.2, 0.25) is 6.39 Å². The van der Waals surface area contributed by atoms with E-state index >= 15 is 0 Å². The topological polar surface area (TPSA) is 80.0 Å². The molecule has 0 aliphatic rings. The number of benzene rings is 1. The number of nitrogens with one attached hydrogen (secondary N) is 2. The number of hydrogen-bond acceptors (Lipinski definition) is 5. The van der Waals surface area contributed by atoms with Gasteiger partial charge in [-0.15, -0.1) is 0 Å². The second kappa shape index (κ2) is 5.81. The first-order chi connectivity index (χ1) is 8.79. The monoisotopic (exact) mass is 246 g/mol. The molecular weight excluding hydrogens is 232 g/mol. The molecule has 6 nitrogen and oxygen atoms in total. The second-order valence-electron chi connectivity index (χ2n) is 3.64. The third-order valence-electron chi connectivity index (χ3n) is 2.34. The Morgan fingerprint density at radius 2 is 2.11 bits per heavy atom. The van der Waals surface area contributed by atoms with Crippen molar-refractivity contribution in [3.63, 3.8) is 0 Å². The molecule has 0 aliphatic heterocycles. The van der Waals surface area contributed by atoms with Crippen molar-refractivity contribution in [2.75, 3.05) is 11.9 Å². The predicted octanol–water partition coefficient (Wildman–Crippen LogP) is 1.43. The molecule has 1 heterocycles. The number of anilines is 1. The maximum Gasteiger partial charge on any atom is 0.251 e. The molecule has 0 saturated heterocycles. The summed E-state index contributed by atoms with van der Waals surface area (Å²) in [5, 5.41) is 9.48. The highest BCUT2D eigenvalue weighted by molar-refractivity contribution is 5.94. The van der Waals surface area contributed by atoms with Crippen LogP contribution in [0.15, 0.2) is 35.2 Å². The van der Waals surface area contributed by atoms with Crippen LogP contribution in [0.3, 0.4) is 0 Å². The lowest BCUT2D eigenvalue weighted by Gasteiger charge is -2.05. The molecule has 0 bridgehead atoms. The fraction of sp³-hybridized carbons (Fsp3) is 0.250. The molecule has 2 N–H and O–H groups in total. The van der Waals surface area contributed by atoms with Gasteiger partial charge in [0, 0.05) is 17.8 Å². The number of amides is 1. The molecule has 0 unspecified atom stereocenters. The van der Waals surface area contributed by atoms with Crippen LogP contribution in [0.5, 0.6) is 0 Å². The van der Waals surface area contributed by atoms with Crippen LogP contribution in [0.2, 0.25) is 0 Å². The lowest BCUT2D eigenvalue weighted by molar-refractivity contribution is 0.0949. The van der Waals surface area contributed by atoms with Gasteiger partial charge in [-0.25, -0.2) is 0 Å². The average molecular weight is 246 g/mol. The molecule has 2 rings (SSSR count). The third-order valence-corrected chi connectivity index (χ3v) is 2.34. The minimum absolute atomic E-state index is 0.164. The Bertz CT molecular complexity index is 493. The lowest BCUT2D eigenvalue weighted by atomic mass is 10.2. The largest absolute Gasteiger partial charge is 0.385 e. The number of hydrogen-bond donors (Lipinski definition) is 2. The zero-order valence-electron chi connectivity index (χ0n) is 10.0. The van der Waals surface area contributed by atoms with Crippen molar-refractivity contribution in [3.05, 3.63) is 42.0 Å². The highest BCUT2D eigenvalue weighted by atomic mass is 16.5. The van der Waals surface area contributed by atoms with Crippen LogP contribution >= 0.6 is 0 Å². The smallest absolute Gasteiger partial charge is 0.251 e. The van der Waals surface area contributed by atoms with E-state index in [9.17, 15) is 4.79 Å². The van der Waals surface area contributed by atoms with Crippen molar-refractivity contribution in [1.29, 1.82) is 0 Å². The third kappa shape index (κ3) is 3.07. The first-order valence-electron chi connectivity index (χ1n) is 5.67. The van der Waals surface area contributed by atoms with Crippen molar-refractivity contribution >= 4 is 11.6 Å². The summed E-state index contributed by atoms with van der Waals surface area (Å²) in [5.41, 5.74) is 1.59. The Morgan fingerprint density at radius 1 is 1.33 bits per heavy atom. The number of rotatable bonds is 5. The van der Waals surface area contributed by atoms with Gasteiger partial charge in [-0.2, -0.15) is 4.98 Å². The molecule has 1 aromatic heterocycles. The van der Waals surface area contributed by atoms with E-state index in [2.05, 4.69) is 25.3 Å². The molecule has 0 spiro atoms. The summed E-state index contributed by atoms with van der Waals surface area (Å²) in [7, 11) is 0. The summed E-state index contributed by atoms with van der Waals surface area (Å²) in [6.45, 7) is 3.12. The normalized spacial score (nSPS) is 10.1. The number of aromatic nitrogens is 2. The second-order valence-corrected chi connectivity index (χ2v) is 3.64. The van der Waals surface area contributed by atoms with Gasteiger partial charge < -0.3 is 15.2 Å². The van der Waals surface area contributed by atoms with Crippen molar-refractivity contribution in [2.45, 2.75) is 13.5 Å². The SMILES string of the molecule is CCNc1ccc(C(=O)NCc2ncon2)cc1. The highest BCUT2D eigenvalue weighted by Crippen LogP contribution is 2.09. The summed E-state index contributed by atoms with van der Waals surface area (Å²) in [5.74, 6) is 0.287. The van der Waals surface area contributed by atoms with E-state index in [0.717, 1.165) is 12.2 Å². The fourth-order valence-corrected chi connectivity index (χ4v) is 1.48. The molecule has 0 fully saturated rings. The molecule has 0 atom stereocenters. The van der Waals surface area contributed by atoms with E-state index in [4.69, 9.17) is 0 Å². The van der Waals surface area contributed by atoms with Gasteiger partial charge in [0.05, 0.1) is 6.54 Å². The van der Waals surface area contributed by atoms with Gasteiger partial charge >= 0.3 is 0 Å². The Labute approximate surface area is 104 Å². The van der Waals surface area contributed by atoms with Crippen molar-refractivity contribution in [1.82, 2.24) is 15.5 Å².